The van der Waals surface area contributed by atoms with Gasteiger partial charge in [0, 0.05) is 19.3 Å². The van der Waals surface area contributed by atoms with Crippen molar-refractivity contribution in [2.75, 3.05) is 38.5 Å². The zero-order valence-electron chi connectivity index (χ0n) is 16.9. The van der Waals surface area contributed by atoms with Crippen molar-refractivity contribution < 1.29 is 14.2 Å². The lowest BCUT2D eigenvalue weighted by molar-refractivity contribution is 0.354. The van der Waals surface area contributed by atoms with E-state index in [1.54, 1.807) is 27.5 Å². The van der Waals surface area contributed by atoms with Gasteiger partial charge in [0.05, 0.1) is 21.3 Å². The minimum atomic E-state index is 0.593. The summed E-state index contributed by atoms with van der Waals surface area (Å²) in [5.41, 5.74) is 2.29. The molecule has 3 aromatic rings. The summed E-state index contributed by atoms with van der Waals surface area (Å²) >= 11 is 0. The smallest absolute Gasteiger partial charge is 0.224 e. The van der Waals surface area contributed by atoms with Crippen LogP contribution in [0.25, 0.3) is 0 Å². The summed E-state index contributed by atoms with van der Waals surface area (Å²) in [6.45, 7) is 1.36. The van der Waals surface area contributed by atoms with Crippen molar-refractivity contribution in [3.05, 3.63) is 65.9 Å². The molecule has 2 aromatic carbocycles. The molecule has 0 aliphatic rings. The van der Waals surface area contributed by atoms with E-state index in [1.165, 1.54) is 5.56 Å². The van der Waals surface area contributed by atoms with Crippen LogP contribution in [0.5, 0.6) is 17.2 Å². The quantitative estimate of drug-likeness (QED) is 0.542. The Morgan fingerprint density at radius 2 is 1.55 bits per heavy atom. The van der Waals surface area contributed by atoms with Crippen LogP contribution in [-0.2, 0) is 13.0 Å². The maximum absolute atomic E-state index is 5.35. The van der Waals surface area contributed by atoms with Crippen LogP contribution >= 0.6 is 0 Å². The number of methoxy groups -OCH3 is 3. The van der Waals surface area contributed by atoms with Crippen LogP contribution in [0, 0.1) is 0 Å². The summed E-state index contributed by atoms with van der Waals surface area (Å²) in [5, 5.41) is 6.57. The van der Waals surface area contributed by atoms with Crippen molar-refractivity contribution in [1.29, 1.82) is 0 Å². The molecular weight excluding hydrogens is 368 g/mol. The maximum atomic E-state index is 5.35. The molecule has 0 saturated carbocycles. The van der Waals surface area contributed by atoms with Gasteiger partial charge >= 0.3 is 0 Å². The molecule has 0 bridgehead atoms. The molecule has 0 unspecified atom stereocenters. The van der Waals surface area contributed by atoms with Crippen molar-refractivity contribution in [3.63, 3.8) is 0 Å². The van der Waals surface area contributed by atoms with Crippen LogP contribution in [0.15, 0.2) is 54.7 Å². The third-order valence-electron chi connectivity index (χ3n) is 4.43. The first-order valence-corrected chi connectivity index (χ1v) is 9.36. The Labute approximate surface area is 171 Å². The van der Waals surface area contributed by atoms with Gasteiger partial charge in [-0.25, -0.2) is 4.98 Å². The summed E-state index contributed by atoms with van der Waals surface area (Å²) in [5.74, 6) is 3.62. The van der Waals surface area contributed by atoms with Crippen LogP contribution < -0.4 is 24.8 Å². The van der Waals surface area contributed by atoms with Gasteiger partial charge in [-0.1, -0.05) is 18.2 Å². The Hall–Kier alpha value is -3.48. The largest absolute Gasteiger partial charge is 0.497 e. The van der Waals surface area contributed by atoms with Crippen LogP contribution in [0.2, 0.25) is 0 Å². The van der Waals surface area contributed by atoms with E-state index in [9.17, 15) is 0 Å². The number of nitrogens with zero attached hydrogens (tertiary/aromatic N) is 2. The summed E-state index contributed by atoms with van der Waals surface area (Å²) in [7, 11) is 4.92. The Kier molecular flexibility index (Phi) is 7.10. The fourth-order valence-corrected chi connectivity index (χ4v) is 2.84. The van der Waals surface area contributed by atoms with Gasteiger partial charge in [-0.2, -0.15) is 4.98 Å². The minimum Gasteiger partial charge on any atom is -0.497 e. The lowest BCUT2D eigenvalue weighted by Crippen LogP contribution is -2.09. The van der Waals surface area contributed by atoms with Crippen molar-refractivity contribution in [1.82, 2.24) is 9.97 Å². The molecule has 0 spiro atoms. The van der Waals surface area contributed by atoms with Crippen molar-refractivity contribution >= 4 is 11.8 Å². The molecule has 0 amide bonds. The highest BCUT2D eigenvalue weighted by molar-refractivity contribution is 5.45. The molecule has 2 N–H and O–H groups in total. The molecule has 3 rings (SSSR count). The summed E-state index contributed by atoms with van der Waals surface area (Å²) < 4.78 is 15.8. The third-order valence-corrected chi connectivity index (χ3v) is 4.43. The van der Waals surface area contributed by atoms with Crippen molar-refractivity contribution in [2.24, 2.45) is 0 Å². The Balaban J connectivity index is 1.52. The topological polar surface area (TPSA) is 77.5 Å². The molecule has 0 fully saturated rings. The van der Waals surface area contributed by atoms with E-state index in [0.717, 1.165) is 30.1 Å². The van der Waals surface area contributed by atoms with E-state index in [0.29, 0.717) is 24.0 Å². The number of hydrogen-bond donors (Lipinski definition) is 2. The number of hydrogen-bond acceptors (Lipinski definition) is 7. The zero-order valence-corrected chi connectivity index (χ0v) is 16.9. The zero-order chi connectivity index (χ0) is 20.5. The number of benzene rings is 2. The first kappa shape index (κ1) is 20.3. The van der Waals surface area contributed by atoms with E-state index in [2.05, 4.69) is 32.7 Å². The highest BCUT2D eigenvalue weighted by Crippen LogP contribution is 2.27. The second-order valence-corrected chi connectivity index (χ2v) is 6.33. The second kappa shape index (κ2) is 10.2. The van der Waals surface area contributed by atoms with Crippen molar-refractivity contribution in [2.45, 2.75) is 13.0 Å². The number of nitrogens with one attached hydrogen (secondary N) is 2. The van der Waals surface area contributed by atoms with Gasteiger partial charge in [0.1, 0.15) is 11.6 Å². The highest BCUT2D eigenvalue weighted by atomic mass is 16.5. The maximum Gasteiger partial charge on any atom is 0.224 e. The number of anilines is 2. The highest BCUT2D eigenvalue weighted by Gasteiger charge is 2.05. The monoisotopic (exact) mass is 394 g/mol. The van der Waals surface area contributed by atoms with Gasteiger partial charge in [0.25, 0.3) is 0 Å². The van der Waals surface area contributed by atoms with Crippen LogP contribution in [0.4, 0.5) is 11.8 Å². The van der Waals surface area contributed by atoms with Crippen LogP contribution in [0.3, 0.4) is 0 Å². The van der Waals surface area contributed by atoms with Gasteiger partial charge in [-0.05, 0) is 47.9 Å². The summed E-state index contributed by atoms with van der Waals surface area (Å²) in [4.78, 5) is 8.80. The fourth-order valence-electron chi connectivity index (χ4n) is 2.84. The van der Waals surface area contributed by atoms with E-state index < -0.39 is 0 Å². The van der Waals surface area contributed by atoms with Gasteiger partial charge in [0.15, 0.2) is 11.5 Å². The average Bonchev–Trinajstić information content (AvgIpc) is 2.78. The molecule has 152 valence electrons. The standard InChI is InChI=1S/C22H26N4O3/c1-27-18-7-4-16(5-8-18)10-12-23-22-24-13-11-21(26-22)25-15-17-6-9-19(28-2)20(14-17)29-3/h4-9,11,13-14H,10,12,15H2,1-3H3,(H2,23,24,25,26). The van der Waals surface area contributed by atoms with Gasteiger partial charge in [-0.3, -0.25) is 0 Å². The molecule has 1 aromatic heterocycles. The molecule has 0 atom stereocenters. The van der Waals surface area contributed by atoms with E-state index in [-0.39, 0.29) is 0 Å². The lowest BCUT2D eigenvalue weighted by Gasteiger charge is -2.11. The Bertz CT molecular complexity index is 916. The Morgan fingerprint density at radius 3 is 2.28 bits per heavy atom. The summed E-state index contributed by atoms with van der Waals surface area (Å²) in [6, 6.07) is 15.7. The van der Waals surface area contributed by atoms with E-state index >= 15 is 0 Å². The van der Waals surface area contributed by atoms with Crippen molar-refractivity contribution in [3.8, 4) is 17.2 Å². The number of ether oxygens (including phenoxy) is 3. The van der Waals surface area contributed by atoms with Gasteiger partial charge in [0.2, 0.25) is 5.95 Å². The van der Waals surface area contributed by atoms with E-state index in [4.69, 9.17) is 14.2 Å². The molecule has 0 aliphatic carbocycles. The average molecular weight is 394 g/mol. The number of aromatic nitrogens is 2. The molecule has 0 saturated heterocycles. The fraction of sp³-hybridized carbons (Fsp3) is 0.273. The normalized spacial score (nSPS) is 10.3. The minimum absolute atomic E-state index is 0.593. The molecule has 0 radical (unpaired) electrons. The molecule has 7 heteroatoms. The molecule has 29 heavy (non-hydrogen) atoms. The Morgan fingerprint density at radius 1 is 0.793 bits per heavy atom. The molecule has 7 nitrogen and oxygen atoms in total. The predicted octanol–water partition coefficient (Wildman–Crippen LogP) is 3.77. The molecule has 0 aliphatic heterocycles. The predicted molar refractivity (Wildman–Crippen MR) is 114 cm³/mol. The SMILES string of the molecule is COc1ccc(CCNc2nccc(NCc3ccc(OC)c(OC)c3)n2)cc1. The second-order valence-electron chi connectivity index (χ2n) is 6.33. The number of rotatable bonds is 10. The third kappa shape index (κ3) is 5.75. The summed E-state index contributed by atoms with van der Waals surface area (Å²) in [6.07, 6.45) is 2.61. The molecular formula is C22H26N4O3. The first-order chi connectivity index (χ1) is 14.2. The van der Waals surface area contributed by atoms with Crippen LogP contribution in [0.1, 0.15) is 11.1 Å². The van der Waals surface area contributed by atoms with E-state index in [1.807, 2.05) is 36.4 Å². The molecule has 1 heterocycles. The first-order valence-electron chi connectivity index (χ1n) is 9.36. The van der Waals surface area contributed by atoms with Crippen LogP contribution in [-0.4, -0.2) is 37.8 Å². The van der Waals surface area contributed by atoms with Gasteiger partial charge < -0.3 is 24.8 Å². The van der Waals surface area contributed by atoms with Gasteiger partial charge in [-0.15, -0.1) is 0 Å². The lowest BCUT2D eigenvalue weighted by atomic mass is 10.1.